The van der Waals surface area contributed by atoms with E-state index >= 15 is 0 Å². The van der Waals surface area contributed by atoms with Gasteiger partial charge in [-0.05, 0) is 37.3 Å². The molecule has 154 valence electrons. The molecule has 2 aromatic carbocycles. The Bertz CT molecular complexity index is 1160. The second-order valence-electron chi connectivity index (χ2n) is 6.18. The van der Waals surface area contributed by atoms with Crippen molar-refractivity contribution >= 4 is 55.7 Å². The zero-order chi connectivity index (χ0) is 21.1. The van der Waals surface area contributed by atoms with Gasteiger partial charge in [0.1, 0.15) is 11.5 Å². The summed E-state index contributed by atoms with van der Waals surface area (Å²) in [6, 6.07) is 13.4. The summed E-state index contributed by atoms with van der Waals surface area (Å²) in [4.78, 5) is 17.2. The molecular formula is C20H18N4O3S3. The Balaban J connectivity index is 1.46. The Hall–Kier alpha value is -2.69. The number of carbonyl (C=O) groups is 1. The molecule has 0 bridgehead atoms. The van der Waals surface area contributed by atoms with Gasteiger partial charge in [-0.2, -0.15) is 0 Å². The van der Waals surface area contributed by atoms with E-state index in [-0.39, 0.29) is 11.2 Å². The van der Waals surface area contributed by atoms with Gasteiger partial charge in [-0.15, -0.1) is 21.5 Å². The van der Waals surface area contributed by atoms with Crippen molar-refractivity contribution in [2.24, 2.45) is 0 Å². The predicted molar refractivity (Wildman–Crippen MR) is 122 cm³/mol. The molecule has 2 aromatic heterocycles. The molecule has 0 aliphatic heterocycles. The smallest absolute Gasteiger partial charge is 0.239 e. The molecule has 0 spiro atoms. The van der Waals surface area contributed by atoms with Crippen LogP contribution < -0.4 is 14.8 Å². The SMILES string of the molecule is COc1ccc(OC)c(-c2nnc(NC(=O)C(C)Sc3nc4ccccc4s3)s2)c1. The molecule has 7 nitrogen and oxygen atoms in total. The Kier molecular flexibility index (Phi) is 6.16. The molecule has 0 radical (unpaired) electrons. The number of benzene rings is 2. The van der Waals surface area contributed by atoms with E-state index in [4.69, 9.17) is 9.47 Å². The number of hydrogen-bond acceptors (Lipinski definition) is 9. The molecule has 10 heteroatoms. The lowest BCUT2D eigenvalue weighted by Crippen LogP contribution is -2.22. The number of fused-ring (bicyclic) bond motifs is 1. The van der Waals surface area contributed by atoms with E-state index in [2.05, 4.69) is 20.5 Å². The number of hydrogen-bond donors (Lipinski definition) is 1. The summed E-state index contributed by atoms with van der Waals surface area (Å²) in [7, 11) is 3.19. The van der Waals surface area contributed by atoms with Gasteiger partial charge >= 0.3 is 0 Å². The number of methoxy groups -OCH3 is 2. The summed E-state index contributed by atoms with van der Waals surface area (Å²) in [5, 5.41) is 11.9. The minimum absolute atomic E-state index is 0.153. The average Bonchev–Trinajstić information content (AvgIpc) is 3.39. The van der Waals surface area contributed by atoms with E-state index in [1.54, 1.807) is 25.6 Å². The molecule has 2 heterocycles. The topological polar surface area (TPSA) is 86.2 Å². The summed E-state index contributed by atoms with van der Waals surface area (Å²) in [5.74, 6) is 1.19. The van der Waals surface area contributed by atoms with E-state index in [0.29, 0.717) is 21.6 Å². The minimum Gasteiger partial charge on any atom is -0.497 e. The molecular weight excluding hydrogens is 440 g/mol. The Labute approximate surface area is 185 Å². The first kappa shape index (κ1) is 20.6. The third kappa shape index (κ3) is 4.40. The molecule has 0 saturated heterocycles. The highest BCUT2D eigenvalue weighted by atomic mass is 32.2. The standard InChI is InChI=1S/C20H18N4O3S3/c1-11(28-20-21-14-6-4-5-7-16(14)29-20)17(25)22-19-24-23-18(30-19)13-10-12(26-2)8-9-15(13)27-3/h4-11H,1-3H3,(H,22,24,25). The van der Waals surface area contributed by atoms with E-state index in [1.165, 1.54) is 23.1 Å². The molecule has 1 unspecified atom stereocenters. The minimum atomic E-state index is -0.329. The van der Waals surface area contributed by atoms with Crippen molar-refractivity contribution in [1.82, 2.24) is 15.2 Å². The van der Waals surface area contributed by atoms with Crippen LogP contribution in [0.2, 0.25) is 0 Å². The molecule has 1 atom stereocenters. The summed E-state index contributed by atoms with van der Waals surface area (Å²) in [6.07, 6.45) is 0. The fourth-order valence-electron chi connectivity index (χ4n) is 2.68. The molecule has 0 aliphatic rings. The number of ether oxygens (including phenoxy) is 2. The number of thioether (sulfide) groups is 1. The van der Waals surface area contributed by atoms with Gasteiger partial charge in [-0.25, -0.2) is 4.98 Å². The van der Waals surface area contributed by atoms with Gasteiger partial charge in [0.25, 0.3) is 0 Å². The van der Waals surface area contributed by atoms with E-state index < -0.39 is 0 Å². The van der Waals surface area contributed by atoms with Crippen LogP contribution in [0.25, 0.3) is 20.8 Å². The number of thiazole rings is 1. The van der Waals surface area contributed by atoms with Crippen molar-refractivity contribution in [3.05, 3.63) is 42.5 Å². The number of para-hydroxylation sites is 1. The summed E-state index contributed by atoms with van der Waals surface area (Å²) in [5.41, 5.74) is 1.70. The van der Waals surface area contributed by atoms with Crippen LogP contribution >= 0.6 is 34.4 Å². The third-order valence-corrected chi connectivity index (χ3v) is 7.32. The lowest BCUT2D eigenvalue weighted by Gasteiger charge is -2.08. The normalized spacial score (nSPS) is 12.0. The lowest BCUT2D eigenvalue weighted by molar-refractivity contribution is -0.115. The van der Waals surface area contributed by atoms with Gasteiger partial charge < -0.3 is 9.47 Å². The van der Waals surface area contributed by atoms with Crippen LogP contribution in [0, 0.1) is 0 Å². The highest BCUT2D eigenvalue weighted by molar-refractivity contribution is 8.02. The van der Waals surface area contributed by atoms with Gasteiger partial charge in [-0.1, -0.05) is 35.2 Å². The fraction of sp³-hybridized carbons (Fsp3) is 0.200. The van der Waals surface area contributed by atoms with Crippen LogP contribution in [0.15, 0.2) is 46.8 Å². The quantitative estimate of drug-likeness (QED) is 0.392. The second-order valence-corrected chi connectivity index (χ2v) is 9.77. The number of anilines is 1. The molecule has 0 aliphatic carbocycles. The van der Waals surface area contributed by atoms with Crippen molar-refractivity contribution in [3.8, 4) is 22.1 Å². The maximum Gasteiger partial charge on any atom is 0.239 e. The van der Waals surface area contributed by atoms with Crippen LogP contribution in [0.1, 0.15) is 6.92 Å². The first-order chi connectivity index (χ1) is 14.6. The van der Waals surface area contributed by atoms with Crippen molar-refractivity contribution in [3.63, 3.8) is 0 Å². The second kappa shape index (κ2) is 8.99. The largest absolute Gasteiger partial charge is 0.497 e. The number of amides is 1. The maximum absolute atomic E-state index is 12.6. The molecule has 1 amide bonds. The summed E-state index contributed by atoms with van der Waals surface area (Å²) < 4.78 is 12.7. The Morgan fingerprint density at radius 3 is 2.70 bits per heavy atom. The van der Waals surface area contributed by atoms with Gasteiger partial charge in [0.05, 0.1) is 35.2 Å². The van der Waals surface area contributed by atoms with Crippen molar-refractivity contribution in [2.45, 2.75) is 16.5 Å². The molecule has 4 aromatic rings. The molecule has 30 heavy (non-hydrogen) atoms. The van der Waals surface area contributed by atoms with E-state index in [1.807, 2.05) is 49.4 Å². The first-order valence-electron chi connectivity index (χ1n) is 8.96. The Morgan fingerprint density at radius 2 is 1.93 bits per heavy atom. The van der Waals surface area contributed by atoms with Crippen LogP contribution in [0.3, 0.4) is 0 Å². The lowest BCUT2D eigenvalue weighted by atomic mass is 10.2. The van der Waals surface area contributed by atoms with Gasteiger partial charge in [0.2, 0.25) is 11.0 Å². The number of aromatic nitrogens is 3. The van der Waals surface area contributed by atoms with E-state index in [0.717, 1.165) is 20.1 Å². The molecule has 0 saturated carbocycles. The molecule has 4 rings (SSSR count). The predicted octanol–water partition coefficient (Wildman–Crippen LogP) is 4.95. The first-order valence-corrected chi connectivity index (χ1v) is 11.5. The van der Waals surface area contributed by atoms with Crippen LogP contribution in [0.4, 0.5) is 5.13 Å². The van der Waals surface area contributed by atoms with Crippen LogP contribution in [0.5, 0.6) is 11.5 Å². The van der Waals surface area contributed by atoms with Crippen molar-refractivity contribution in [2.75, 3.05) is 19.5 Å². The zero-order valence-electron chi connectivity index (χ0n) is 16.4. The monoisotopic (exact) mass is 458 g/mol. The molecule has 1 N–H and O–H groups in total. The van der Waals surface area contributed by atoms with Crippen LogP contribution in [-0.4, -0.2) is 40.6 Å². The summed E-state index contributed by atoms with van der Waals surface area (Å²) >= 11 is 4.28. The summed E-state index contributed by atoms with van der Waals surface area (Å²) in [6.45, 7) is 1.85. The average molecular weight is 459 g/mol. The van der Waals surface area contributed by atoms with E-state index in [9.17, 15) is 4.79 Å². The van der Waals surface area contributed by atoms with Gasteiger partial charge in [0, 0.05) is 0 Å². The third-order valence-electron chi connectivity index (χ3n) is 4.21. The highest BCUT2D eigenvalue weighted by Gasteiger charge is 2.20. The van der Waals surface area contributed by atoms with Crippen LogP contribution in [-0.2, 0) is 4.79 Å². The maximum atomic E-state index is 12.6. The zero-order valence-corrected chi connectivity index (χ0v) is 18.9. The number of nitrogens with zero attached hydrogens (tertiary/aromatic N) is 3. The van der Waals surface area contributed by atoms with Crippen molar-refractivity contribution < 1.29 is 14.3 Å². The van der Waals surface area contributed by atoms with Gasteiger partial charge in [0.15, 0.2) is 9.35 Å². The highest BCUT2D eigenvalue weighted by Crippen LogP contribution is 2.37. The molecule has 0 fully saturated rings. The number of carbonyl (C=O) groups excluding carboxylic acids is 1. The van der Waals surface area contributed by atoms with Gasteiger partial charge in [-0.3, -0.25) is 10.1 Å². The van der Waals surface area contributed by atoms with Crippen molar-refractivity contribution in [1.29, 1.82) is 0 Å². The fourth-order valence-corrected chi connectivity index (χ4v) is 5.66. The number of rotatable bonds is 7. The Morgan fingerprint density at radius 1 is 1.10 bits per heavy atom. The number of nitrogens with one attached hydrogen (secondary N) is 1.